The Labute approximate surface area is 322 Å². The lowest BCUT2D eigenvalue weighted by molar-refractivity contribution is 0.302. The van der Waals surface area contributed by atoms with Crippen molar-refractivity contribution in [1.82, 2.24) is 19.6 Å². The van der Waals surface area contributed by atoms with Crippen LogP contribution in [0.5, 0.6) is 11.5 Å². The molecule has 0 saturated carbocycles. The number of hydrogen-bond donors (Lipinski definition) is 2. The van der Waals surface area contributed by atoms with Gasteiger partial charge < -0.3 is 9.47 Å². The molecule has 0 fully saturated rings. The van der Waals surface area contributed by atoms with Crippen LogP contribution in [0.15, 0.2) is 93.4 Å². The molecule has 6 aromatic rings. The van der Waals surface area contributed by atoms with Gasteiger partial charge in [0.15, 0.2) is 8.42 Å². The highest BCUT2D eigenvalue weighted by atomic mass is 32.3. The Hall–Kier alpha value is -4.98. The van der Waals surface area contributed by atoms with Crippen LogP contribution in [0.3, 0.4) is 0 Å². The van der Waals surface area contributed by atoms with Gasteiger partial charge in [0.05, 0.1) is 34.2 Å². The second-order valence-electron chi connectivity index (χ2n) is 12.7. The molecule has 0 atom stereocenters. The summed E-state index contributed by atoms with van der Waals surface area (Å²) in [5.41, 5.74) is 3.71. The van der Waals surface area contributed by atoms with E-state index in [1.54, 1.807) is 9.36 Å². The molecule has 2 aliphatic rings. The number of ether oxygens (including phenoxy) is 2. The van der Waals surface area contributed by atoms with Gasteiger partial charge in [0.2, 0.25) is 0 Å². The fraction of sp³-hybridized carbons (Fsp3) is 0.189. The summed E-state index contributed by atoms with van der Waals surface area (Å²) in [5, 5.41) is 9.15. The van der Waals surface area contributed by atoms with E-state index in [-0.39, 0.29) is 70.5 Å². The molecule has 0 spiro atoms. The fourth-order valence-corrected chi connectivity index (χ4v) is 10.2. The number of benzene rings is 2. The van der Waals surface area contributed by atoms with Crippen molar-refractivity contribution < 1.29 is 44.2 Å². The summed E-state index contributed by atoms with van der Waals surface area (Å²) in [5.74, 6) is -0.734. The molecule has 4 aromatic heterocycles. The van der Waals surface area contributed by atoms with E-state index in [0.717, 1.165) is 33.8 Å². The van der Waals surface area contributed by atoms with Gasteiger partial charge in [-0.15, -0.1) is 22.7 Å². The maximum Gasteiger partial charge on any atom is 0.304 e. The molecular weight excluding hydrogens is 795 g/mol. The SMILES string of the molecule is O=S(=O)(O)c1cc2c(s1)-c1c(c(/C(F)=C/CCC/C=C(\F)c3nn(Cc4ccccc4)c4c3COc3cc(S(=O)(=O)O)sc3-4)nn1Cc1ccccc1)CO2. The highest BCUT2D eigenvalue weighted by molar-refractivity contribution is 7.88. The van der Waals surface area contributed by atoms with Crippen molar-refractivity contribution in [3.63, 3.8) is 0 Å². The lowest BCUT2D eigenvalue weighted by Crippen LogP contribution is -2.08. The van der Waals surface area contributed by atoms with Crippen molar-refractivity contribution in [2.24, 2.45) is 0 Å². The van der Waals surface area contributed by atoms with E-state index < -0.39 is 31.9 Å². The molecule has 18 heteroatoms. The number of rotatable bonds is 12. The second kappa shape index (κ2) is 14.6. The number of hydrogen-bond acceptors (Lipinski definition) is 10. The average Bonchev–Trinajstić information content (AvgIpc) is 3.94. The summed E-state index contributed by atoms with van der Waals surface area (Å²) in [4.78, 5) is 0.815. The van der Waals surface area contributed by atoms with E-state index >= 15 is 8.78 Å². The minimum absolute atomic E-state index is 0.0424. The van der Waals surface area contributed by atoms with Crippen molar-refractivity contribution in [1.29, 1.82) is 0 Å². The first-order valence-corrected chi connectivity index (χ1v) is 21.3. The first-order valence-electron chi connectivity index (χ1n) is 16.8. The van der Waals surface area contributed by atoms with Gasteiger partial charge in [-0.1, -0.05) is 60.7 Å². The molecule has 12 nitrogen and oxygen atoms in total. The van der Waals surface area contributed by atoms with Gasteiger partial charge in [-0.2, -0.15) is 27.0 Å². The summed E-state index contributed by atoms with van der Waals surface area (Å²) in [6.45, 7) is 0.394. The van der Waals surface area contributed by atoms with Crippen molar-refractivity contribution in [2.75, 3.05) is 0 Å². The zero-order valence-corrected chi connectivity index (χ0v) is 31.8. The van der Waals surface area contributed by atoms with Crippen LogP contribution < -0.4 is 9.47 Å². The number of fused-ring (bicyclic) bond motifs is 6. The molecule has 0 saturated heterocycles. The molecule has 284 valence electrons. The second-order valence-corrected chi connectivity index (χ2v) is 18.1. The minimum atomic E-state index is -4.50. The zero-order valence-electron chi connectivity index (χ0n) is 28.6. The Morgan fingerprint density at radius 2 is 1.09 bits per heavy atom. The molecule has 6 heterocycles. The maximum atomic E-state index is 15.9. The quantitative estimate of drug-likeness (QED) is 0.0905. The smallest absolute Gasteiger partial charge is 0.304 e. The third-order valence-electron chi connectivity index (χ3n) is 8.99. The fourth-order valence-electron chi connectivity index (χ4n) is 6.48. The summed E-state index contributed by atoms with van der Waals surface area (Å²) >= 11 is 1.63. The summed E-state index contributed by atoms with van der Waals surface area (Å²) < 4.78 is 113. The Kier molecular flexibility index (Phi) is 9.81. The van der Waals surface area contributed by atoms with Crippen molar-refractivity contribution in [3.05, 3.63) is 119 Å². The topological polar surface area (TPSA) is 163 Å². The van der Waals surface area contributed by atoms with E-state index in [1.165, 1.54) is 24.3 Å². The number of halogens is 2. The van der Waals surface area contributed by atoms with Crippen LogP contribution in [0.2, 0.25) is 0 Å². The number of allylic oxidation sites excluding steroid dienone is 2. The highest BCUT2D eigenvalue weighted by Crippen LogP contribution is 2.48. The monoisotopic (exact) mass is 824 g/mol. The normalized spacial score (nSPS) is 14.1. The van der Waals surface area contributed by atoms with E-state index in [9.17, 15) is 25.9 Å². The van der Waals surface area contributed by atoms with Gasteiger partial charge in [-0.25, -0.2) is 8.78 Å². The molecule has 0 bridgehead atoms. The van der Waals surface area contributed by atoms with Crippen molar-refractivity contribution >= 4 is 54.6 Å². The molecular formula is C37H30F2N4O8S4. The molecule has 8 rings (SSSR count). The Balaban J connectivity index is 1.04. The average molecular weight is 825 g/mol. The Morgan fingerprint density at radius 3 is 1.47 bits per heavy atom. The third kappa shape index (κ3) is 7.40. The molecule has 2 aliphatic heterocycles. The predicted molar refractivity (Wildman–Crippen MR) is 202 cm³/mol. The summed E-state index contributed by atoms with van der Waals surface area (Å²) in [6.07, 6.45) is 3.56. The van der Waals surface area contributed by atoms with Gasteiger partial charge in [0.1, 0.15) is 47.8 Å². The van der Waals surface area contributed by atoms with Gasteiger partial charge >= 0.3 is 20.2 Å². The van der Waals surface area contributed by atoms with E-state index in [1.807, 2.05) is 60.7 Å². The number of nitrogens with zero attached hydrogens (tertiary/aromatic N) is 4. The predicted octanol–water partition coefficient (Wildman–Crippen LogP) is 8.40. The molecule has 2 aromatic carbocycles. The molecule has 0 aliphatic carbocycles. The van der Waals surface area contributed by atoms with Gasteiger partial charge in [0.25, 0.3) is 0 Å². The first kappa shape index (κ1) is 37.0. The molecule has 2 N–H and O–H groups in total. The van der Waals surface area contributed by atoms with Gasteiger partial charge in [-0.05, 0) is 42.5 Å². The van der Waals surface area contributed by atoms with Crippen molar-refractivity contribution in [3.8, 4) is 32.6 Å². The molecule has 0 amide bonds. The third-order valence-corrected chi connectivity index (χ3v) is 13.8. The Morgan fingerprint density at radius 1 is 0.691 bits per heavy atom. The molecule has 0 unspecified atom stereocenters. The summed E-state index contributed by atoms with van der Waals surface area (Å²) in [7, 11) is -9.00. The van der Waals surface area contributed by atoms with Crippen LogP contribution in [0, 0.1) is 0 Å². The van der Waals surface area contributed by atoms with Crippen LogP contribution in [0.4, 0.5) is 8.78 Å². The Bertz CT molecular complexity index is 2530. The van der Waals surface area contributed by atoms with Gasteiger partial charge in [-0.3, -0.25) is 18.5 Å². The molecule has 0 radical (unpaired) electrons. The van der Waals surface area contributed by atoms with Crippen LogP contribution in [-0.4, -0.2) is 45.5 Å². The van der Waals surface area contributed by atoms with Crippen LogP contribution >= 0.6 is 22.7 Å². The van der Waals surface area contributed by atoms with Crippen LogP contribution in [-0.2, 0) is 46.5 Å². The minimum Gasteiger partial charge on any atom is -0.487 e. The van der Waals surface area contributed by atoms with E-state index in [0.29, 0.717) is 38.7 Å². The molecule has 55 heavy (non-hydrogen) atoms. The van der Waals surface area contributed by atoms with Crippen LogP contribution in [0.25, 0.3) is 32.8 Å². The van der Waals surface area contributed by atoms with E-state index in [4.69, 9.17) is 9.47 Å². The van der Waals surface area contributed by atoms with E-state index in [2.05, 4.69) is 10.2 Å². The van der Waals surface area contributed by atoms with Crippen LogP contribution in [0.1, 0.15) is 52.9 Å². The lowest BCUT2D eigenvalue weighted by atomic mass is 10.1. The highest BCUT2D eigenvalue weighted by Gasteiger charge is 2.34. The summed E-state index contributed by atoms with van der Waals surface area (Å²) in [6, 6.07) is 21.2. The number of unbranched alkanes of at least 4 members (excludes halogenated alkanes) is 2. The lowest BCUT2D eigenvalue weighted by Gasteiger charge is -2.16. The number of thiophene rings is 2. The number of aromatic nitrogens is 4. The standard InChI is InChI=1S/C37H30F2N4O8S4/c38-26(32-24-20-50-28-16-30(54(44,45)46)52-36(28)34(24)42(40-32)18-22-10-4-1-5-11-22)14-8-3-9-15-27(39)33-25-21-51-29-17-31(55(47,48)49)53-37(29)35(25)43(41-33)19-23-12-6-2-7-13-23/h1-2,4-7,10-17H,3,8-9,18-21H2,(H,44,45,46)(H,47,48,49)/b26-14-,27-15-. The zero-order chi connectivity index (χ0) is 38.5. The maximum absolute atomic E-state index is 15.9. The largest absolute Gasteiger partial charge is 0.487 e. The first-order chi connectivity index (χ1) is 26.3. The van der Waals surface area contributed by atoms with Crippen molar-refractivity contribution in [2.45, 2.75) is 54.0 Å². The van der Waals surface area contributed by atoms with Gasteiger partial charge in [0, 0.05) is 23.3 Å².